The van der Waals surface area contributed by atoms with Crippen molar-refractivity contribution in [3.05, 3.63) is 0 Å². The van der Waals surface area contributed by atoms with Gasteiger partial charge in [0, 0.05) is 26.2 Å². The average molecular weight is 210 g/mol. The van der Waals surface area contributed by atoms with Gasteiger partial charge in [-0.15, -0.1) is 0 Å². The number of hydrogen-bond donors (Lipinski definition) is 1. The molecule has 0 bridgehead atoms. The van der Waals surface area contributed by atoms with Crippen LogP contribution < -0.4 is 5.32 Å². The molecule has 2 aliphatic heterocycles. The van der Waals surface area contributed by atoms with Crippen molar-refractivity contribution < 1.29 is 0 Å². The molecule has 0 aromatic heterocycles. The molecule has 0 radical (unpaired) electrons. The largest absolute Gasteiger partial charge is 0.316 e. The molecule has 0 saturated carbocycles. The molecule has 2 fully saturated rings. The Hall–Kier alpha value is -0.0800. The molecule has 0 amide bonds. The van der Waals surface area contributed by atoms with Crippen LogP contribution in [0, 0.1) is 11.3 Å². The minimum atomic E-state index is 0.551. The van der Waals surface area contributed by atoms with Crippen molar-refractivity contribution in [2.75, 3.05) is 32.7 Å². The summed E-state index contributed by atoms with van der Waals surface area (Å²) in [6.45, 7) is 11.3. The van der Waals surface area contributed by atoms with E-state index in [0.29, 0.717) is 5.41 Å². The van der Waals surface area contributed by atoms with Crippen LogP contribution in [0.4, 0.5) is 0 Å². The normalized spacial score (nSPS) is 34.0. The Bertz CT molecular complexity index is 191. The maximum atomic E-state index is 3.54. The molecule has 1 unspecified atom stereocenters. The minimum absolute atomic E-state index is 0.551. The monoisotopic (exact) mass is 210 g/mol. The van der Waals surface area contributed by atoms with Crippen molar-refractivity contribution in [1.82, 2.24) is 10.2 Å². The van der Waals surface area contributed by atoms with E-state index >= 15 is 0 Å². The van der Waals surface area contributed by atoms with Crippen LogP contribution in [0.1, 0.15) is 39.5 Å². The van der Waals surface area contributed by atoms with E-state index < -0.39 is 0 Å². The van der Waals surface area contributed by atoms with Gasteiger partial charge in [0.2, 0.25) is 0 Å². The highest BCUT2D eigenvalue weighted by molar-refractivity contribution is 4.89. The number of nitrogens with zero attached hydrogens (tertiary/aromatic N) is 1. The third kappa shape index (κ3) is 2.94. The zero-order chi connectivity index (χ0) is 10.7. The molecule has 2 rings (SSSR count). The molecule has 15 heavy (non-hydrogen) atoms. The van der Waals surface area contributed by atoms with Crippen LogP contribution in [0.25, 0.3) is 0 Å². The zero-order valence-electron chi connectivity index (χ0n) is 10.4. The lowest BCUT2D eigenvalue weighted by atomic mass is 9.80. The van der Waals surface area contributed by atoms with Crippen LogP contribution in [0.5, 0.6) is 0 Å². The number of nitrogens with one attached hydrogen (secondary N) is 1. The summed E-state index contributed by atoms with van der Waals surface area (Å²) in [6.07, 6.45) is 5.57. The number of rotatable bonds is 4. The molecule has 0 aromatic carbocycles. The molecule has 0 aliphatic carbocycles. The number of likely N-dealkylation sites (tertiary alicyclic amines) is 1. The lowest BCUT2D eigenvalue weighted by Crippen LogP contribution is -2.53. The summed E-state index contributed by atoms with van der Waals surface area (Å²) in [4.78, 5) is 2.66. The van der Waals surface area contributed by atoms with Crippen molar-refractivity contribution in [3.8, 4) is 0 Å². The third-order valence-electron chi connectivity index (χ3n) is 4.02. The second-order valence-corrected chi connectivity index (χ2v) is 5.94. The first-order valence-corrected chi connectivity index (χ1v) is 6.65. The zero-order valence-corrected chi connectivity index (χ0v) is 10.4. The quantitative estimate of drug-likeness (QED) is 0.764. The van der Waals surface area contributed by atoms with E-state index in [9.17, 15) is 0 Å². The fourth-order valence-electron chi connectivity index (χ4n) is 3.19. The summed E-state index contributed by atoms with van der Waals surface area (Å²) in [7, 11) is 0. The Kier molecular flexibility index (Phi) is 3.68. The molecular weight excluding hydrogens is 184 g/mol. The Balaban J connectivity index is 1.69. The van der Waals surface area contributed by atoms with Crippen LogP contribution in [0.15, 0.2) is 0 Å². The van der Waals surface area contributed by atoms with Gasteiger partial charge in [-0.05, 0) is 37.1 Å². The summed E-state index contributed by atoms with van der Waals surface area (Å²) < 4.78 is 0. The second-order valence-electron chi connectivity index (χ2n) is 5.94. The summed E-state index contributed by atoms with van der Waals surface area (Å²) in [5, 5.41) is 3.54. The second kappa shape index (κ2) is 4.84. The molecule has 2 heterocycles. The summed E-state index contributed by atoms with van der Waals surface area (Å²) in [6, 6.07) is 0. The van der Waals surface area contributed by atoms with Gasteiger partial charge in [-0.2, -0.15) is 0 Å². The summed E-state index contributed by atoms with van der Waals surface area (Å²) >= 11 is 0. The van der Waals surface area contributed by atoms with E-state index in [1.165, 1.54) is 58.4 Å². The van der Waals surface area contributed by atoms with Gasteiger partial charge in [0.25, 0.3) is 0 Å². The van der Waals surface area contributed by atoms with Crippen molar-refractivity contribution in [3.63, 3.8) is 0 Å². The van der Waals surface area contributed by atoms with Crippen LogP contribution in [-0.2, 0) is 0 Å². The highest BCUT2D eigenvalue weighted by Gasteiger charge is 2.34. The smallest absolute Gasteiger partial charge is 0.00477 e. The highest BCUT2D eigenvalue weighted by atomic mass is 15.2. The summed E-state index contributed by atoms with van der Waals surface area (Å²) in [5.74, 6) is 1.01. The third-order valence-corrected chi connectivity index (χ3v) is 4.02. The SMILES string of the molecule is CCCC1CN(CC2(C)CCCNC2)C1. The molecule has 2 nitrogen and oxygen atoms in total. The maximum Gasteiger partial charge on any atom is 0.00477 e. The molecule has 0 spiro atoms. The van der Waals surface area contributed by atoms with Crippen molar-refractivity contribution >= 4 is 0 Å². The molecule has 2 aliphatic rings. The first kappa shape index (κ1) is 11.4. The van der Waals surface area contributed by atoms with Crippen LogP contribution in [-0.4, -0.2) is 37.6 Å². The van der Waals surface area contributed by atoms with Gasteiger partial charge >= 0.3 is 0 Å². The van der Waals surface area contributed by atoms with E-state index in [2.05, 4.69) is 24.1 Å². The predicted octanol–water partition coefficient (Wildman–Crippen LogP) is 2.11. The highest BCUT2D eigenvalue weighted by Crippen LogP contribution is 2.30. The minimum Gasteiger partial charge on any atom is -0.316 e. The van der Waals surface area contributed by atoms with Crippen LogP contribution >= 0.6 is 0 Å². The van der Waals surface area contributed by atoms with E-state index in [-0.39, 0.29) is 0 Å². The first-order valence-electron chi connectivity index (χ1n) is 6.65. The van der Waals surface area contributed by atoms with Crippen LogP contribution in [0.2, 0.25) is 0 Å². The van der Waals surface area contributed by atoms with Gasteiger partial charge in [0.1, 0.15) is 0 Å². The van der Waals surface area contributed by atoms with E-state index in [0.717, 1.165) is 5.92 Å². The molecule has 2 heteroatoms. The molecule has 1 atom stereocenters. The molecule has 88 valence electrons. The van der Waals surface area contributed by atoms with Gasteiger partial charge < -0.3 is 10.2 Å². The van der Waals surface area contributed by atoms with Crippen molar-refractivity contribution in [2.45, 2.75) is 39.5 Å². The Morgan fingerprint density at radius 3 is 2.80 bits per heavy atom. The van der Waals surface area contributed by atoms with Gasteiger partial charge in [0.05, 0.1) is 0 Å². The fourth-order valence-corrected chi connectivity index (χ4v) is 3.19. The number of hydrogen-bond acceptors (Lipinski definition) is 2. The molecule has 2 saturated heterocycles. The van der Waals surface area contributed by atoms with Gasteiger partial charge in [0.15, 0.2) is 0 Å². The van der Waals surface area contributed by atoms with Gasteiger partial charge in [-0.1, -0.05) is 20.3 Å². The summed E-state index contributed by atoms with van der Waals surface area (Å²) in [5.41, 5.74) is 0.551. The van der Waals surface area contributed by atoms with Gasteiger partial charge in [-0.25, -0.2) is 0 Å². The topological polar surface area (TPSA) is 15.3 Å². The van der Waals surface area contributed by atoms with Crippen molar-refractivity contribution in [2.24, 2.45) is 11.3 Å². The average Bonchev–Trinajstić information content (AvgIpc) is 2.16. The molecular formula is C13H26N2. The maximum absolute atomic E-state index is 3.54. The lowest BCUT2D eigenvalue weighted by molar-refractivity contribution is 0.0382. The molecule has 0 aromatic rings. The van der Waals surface area contributed by atoms with E-state index in [4.69, 9.17) is 0 Å². The van der Waals surface area contributed by atoms with Crippen LogP contribution in [0.3, 0.4) is 0 Å². The fraction of sp³-hybridized carbons (Fsp3) is 1.00. The lowest BCUT2D eigenvalue weighted by Gasteiger charge is -2.46. The molecule has 1 N–H and O–H groups in total. The Morgan fingerprint density at radius 1 is 1.40 bits per heavy atom. The Morgan fingerprint density at radius 2 is 2.20 bits per heavy atom. The Labute approximate surface area is 94.4 Å². The van der Waals surface area contributed by atoms with Gasteiger partial charge in [-0.3, -0.25) is 0 Å². The predicted molar refractivity (Wildman–Crippen MR) is 65.0 cm³/mol. The standard InChI is InChI=1S/C13H26N2/c1-3-5-12-8-15(9-12)11-13(2)6-4-7-14-10-13/h12,14H,3-11H2,1-2H3. The van der Waals surface area contributed by atoms with Crippen molar-refractivity contribution in [1.29, 1.82) is 0 Å². The van der Waals surface area contributed by atoms with E-state index in [1.807, 2.05) is 0 Å². The number of piperidine rings is 1. The first-order chi connectivity index (χ1) is 7.22. The van der Waals surface area contributed by atoms with E-state index in [1.54, 1.807) is 0 Å².